The predicted molar refractivity (Wildman–Crippen MR) is 94.1 cm³/mol. The molecule has 0 spiro atoms. The lowest BCUT2D eigenvalue weighted by molar-refractivity contribution is -0.129. The third kappa shape index (κ3) is 3.46. The number of primary amides is 1. The molecule has 2 aromatic rings. The summed E-state index contributed by atoms with van der Waals surface area (Å²) in [6, 6.07) is 9.01. The van der Waals surface area contributed by atoms with Gasteiger partial charge in [0.1, 0.15) is 0 Å². The molecule has 2 heterocycles. The Kier molecular flexibility index (Phi) is 4.67. The van der Waals surface area contributed by atoms with Gasteiger partial charge in [-0.2, -0.15) is 9.97 Å². The highest BCUT2D eigenvalue weighted by molar-refractivity contribution is 6.30. The number of aromatic nitrogens is 2. The van der Waals surface area contributed by atoms with Gasteiger partial charge in [0.15, 0.2) is 0 Å². The predicted octanol–water partition coefficient (Wildman–Crippen LogP) is 1.68. The largest absolute Gasteiger partial charge is 0.481 e. The Hall–Kier alpha value is -2.54. The Labute approximate surface area is 150 Å². The molecule has 1 aromatic heterocycles. The zero-order valence-corrected chi connectivity index (χ0v) is 14.8. The first kappa shape index (κ1) is 17.3. The number of methoxy groups -OCH3 is 2. The number of carbonyl (C=O) groups excluding carboxylic acids is 1. The maximum Gasteiger partial charge on any atom is 0.232 e. The number of hydrogen-bond acceptors (Lipinski definition) is 6. The van der Waals surface area contributed by atoms with Crippen LogP contribution in [0.25, 0.3) is 0 Å². The van der Waals surface area contributed by atoms with E-state index < -0.39 is 5.41 Å². The SMILES string of the molecule is COc1cc(OC)nc(N2CC(Cc3ccc(Cl)cc3)(C(N)=O)C2)n1. The van der Waals surface area contributed by atoms with Crippen molar-refractivity contribution in [3.63, 3.8) is 0 Å². The van der Waals surface area contributed by atoms with Crippen molar-refractivity contribution < 1.29 is 14.3 Å². The van der Waals surface area contributed by atoms with Crippen molar-refractivity contribution in [2.24, 2.45) is 11.1 Å². The molecule has 1 fully saturated rings. The molecule has 1 aromatic carbocycles. The van der Waals surface area contributed by atoms with Crippen LogP contribution >= 0.6 is 11.6 Å². The van der Waals surface area contributed by atoms with E-state index in [1.54, 1.807) is 18.2 Å². The molecule has 0 aliphatic carbocycles. The normalized spacial score (nSPS) is 15.4. The van der Waals surface area contributed by atoms with Gasteiger partial charge in [0.25, 0.3) is 0 Å². The fourth-order valence-electron chi connectivity index (χ4n) is 2.92. The van der Waals surface area contributed by atoms with Gasteiger partial charge in [-0.1, -0.05) is 23.7 Å². The highest BCUT2D eigenvalue weighted by atomic mass is 35.5. The van der Waals surface area contributed by atoms with Crippen molar-refractivity contribution in [2.45, 2.75) is 6.42 Å². The third-order valence-corrected chi connectivity index (χ3v) is 4.59. The first-order valence-electron chi connectivity index (χ1n) is 7.72. The molecule has 7 nitrogen and oxygen atoms in total. The summed E-state index contributed by atoms with van der Waals surface area (Å²) in [7, 11) is 3.05. The molecule has 1 aliphatic heterocycles. The fraction of sp³-hybridized carbons (Fsp3) is 0.353. The van der Waals surface area contributed by atoms with E-state index in [2.05, 4.69) is 9.97 Å². The molecule has 1 amide bonds. The monoisotopic (exact) mass is 362 g/mol. The number of carbonyl (C=O) groups is 1. The Morgan fingerprint density at radius 2 is 1.76 bits per heavy atom. The molecule has 25 heavy (non-hydrogen) atoms. The van der Waals surface area contributed by atoms with Gasteiger partial charge >= 0.3 is 0 Å². The Balaban J connectivity index is 1.79. The molecule has 8 heteroatoms. The van der Waals surface area contributed by atoms with E-state index in [4.69, 9.17) is 26.8 Å². The number of anilines is 1. The molecule has 0 saturated carbocycles. The number of halogens is 1. The summed E-state index contributed by atoms with van der Waals surface area (Å²) in [5, 5.41) is 0.656. The van der Waals surface area contributed by atoms with Gasteiger partial charge in [-0.15, -0.1) is 0 Å². The molecule has 132 valence electrons. The number of nitrogens with zero attached hydrogens (tertiary/aromatic N) is 3. The number of ether oxygens (including phenoxy) is 2. The molecule has 1 aliphatic rings. The van der Waals surface area contributed by atoms with E-state index in [0.717, 1.165) is 5.56 Å². The van der Waals surface area contributed by atoms with Crippen LogP contribution in [0, 0.1) is 5.41 Å². The molecule has 0 unspecified atom stereocenters. The van der Waals surface area contributed by atoms with Crippen molar-refractivity contribution >= 4 is 23.5 Å². The summed E-state index contributed by atoms with van der Waals surface area (Å²) in [6.07, 6.45) is 0.539. The van der Waals surface area contributed by atoms with Crippen molar-refractivity contribution in [1.82, 2.24) is 9.97 Å². The quantitative estimate of drug-likeness (QED) is 0.840. The minimum Gasteiger partial charge on any atom is -0.481 e. The van der Waals surface area contributed by atoms with E-state index in [1.165, 1.54) is 14.2 Å². The van der Waals surface area contributed by atoms with Gasteiger partial charge in [-0.25, -0.2) is 0 Å². The van der Waals surface area contributed by atoms with Crippen molar-refractivity contribution in [2.75, 3.05) is 32.2 Å². The molecular formula is C17H19ClN4O3. The number of nitrogens with two attached hydrogens (primary N) is 1. The van der Waals surface area contributed by atoms with E-state index in [9.17, 15) is 4.79 Å². The lowest BCUT2D eigenvalue weighted by Crippen LogP contribution is -2.64. The number of rotatable bonds is 6. The summed E-state index contributed by atoms with van der Waals surface area (Å²) in [6.45, 7) is 0.864. The highest BCUT2D eigenvalue weighted by Crippen LogP contribution is 2.37. The van der Waals surface area contributed by atoms with Crippen LogP contribution in [0.3, 0.4) is 0 Å². The Morgan fingerprint density at radius 1 is 1.20 bits per heavy atom. The van der Waals surface area contributed by atoms with Crippen LogP contribution in [-0.2, 0) is 11.2 Å². The maximum absolute atomic E-state index is 12.1. The van der Waals surface area contributed by atoms with Gasteiger partial charge in [0.05, 0.1) is 25.7 Å². The van der Waals surface area contributed by atoms with Crippen molar-refractivity contribution in [3.05, 3.63) is 40.9 Å². The first-order valence-corrected chi connectivity index (χ1v) is 8.10. The second-order valence-corrected chi connectivity index (χ2v) is 6.49. The van der Waals surface area contributed by atoms with Crippen LogP contribution in [0.5, 0.6) is 11.8 Å². The highest BCUT2D eigenvalue weighted by Gasteiger charge is 2.49. The standard InChI is InChI=1S/C17H19ClN4O3/c1-24-13-7-14(25-2)21-16(20-13)22-9-17(10-22,15(19)23)8-11-3-5-12(18)6-4-11/h3-7H,8-10H2,1-2H3,(H2,19,23). The van der Waals surface area contributed by atoms with E-state index in [0.29, 0.717) is 42.2 Å². The van der Waals surface area contributed by atoms with Gasteiger partial charge < -0.3 is 20.1 Å². The van der Waals surface area contributed by atoms with Crippen LogP contribution in [-0.4, -0.2) is 43.2 Å². The van der Waals surface area contributed by atoms with Crippen LogP contribution < -0.4 is 20.1 Å². The average molecular weight is 363 g/mol. The molecule has 3 rings (SSSR count). The Bertz CT molecular complexity index is 754. The second kappa shape index (κ2) is 6.76. The number of benzene rings is 1. The fourth-order valence-corrected chi connectivity index (χ4v) is 3.04. The van der Waals surface area contributed by atoms with Crippen molar-refractivity contribution in [1.29, 1.82) is 0 Å². The summed E-state index contributed by atoms with van der Waals surface area (Å²) in [4.78, 5) is 22.6. The molecular weight excluding hydrogens is 344 g/mol. The lowest BCUT2D eigenvalue weighted by atomic mass is 9.74. The van der Waals surface area contributed by atoms with Crippen LogP contribution in [0.1, 0.15) is 5.56 Å². The zero-order valence-electron chi connectivity index (χ0n) is 14.0. The van der Waals surface area contributed by atoms with Crippen LogP contribution in [0.15, 0.2) is 30.3 Å². The van der Waals surface area contributed by atoms with Crippen molar-refractivity contribution in [3.8, 4) is 11.8 Å². The smallest absolute Gasteiger partial charge is 0.232 e. The van der Waals surface area contributed by atoms with Crippen LogP contribution in [0.2, 0.25) is 5.02 Å². The van der Waals surface area contributed by atoms with E-state index >= 15 is 0 Å². The lowest BCUT2D eigenvalue weighted by Gasteiger charge is -2.48. The van der Waals surface area contributed by atoms with Crippen LogP contribution in [0.4, 0.5) is 5.95 Å². The van der Waals surface area contributed by atoms with Gasteiger partial charge in [0.2, 0.25) is 23.6 Å². The summed E-state index contributed by atoms with van der Waals surface area (Å²) >= 11 is 5.91. The van der Waals surface area contributed by atoms with E-state index in [-0.39, 0.29) is 5.91 Å². The summed E-state index contributed by atoms with van der Waals surface area (Å²) < 4.78 is 10.3. The average Bonchev–Trinajstić information content (AvgIpc) is 2.58. The number of hydrogen-bond donors (Lipinski definition) is 1. The summed E-state index contributed by atoms with van der Waals surface area (Å²) in [5.41, 5.74) is 6.03. The van der Waals surface area contributed by atoms with E-state index in [1.807, 2.05) is 17.0 Å². The molecule has 2 N–H and O–H groups in total. The number of amides is 1. The minimum absolute atomic E-state index is 0.339. The van der Waals surface area contributed by atoms with Gasteiger partial charge in [-0.05, 0) is 24.1 Å². The molecule has 0 radical (unpaired) electrons. The Morgan fingerprint density at radius 3 is 2.24 bits per heavy atom. The second-order valence-electron chi connectivity index (χ2n) is 6.06. The molecule has 0 atom stereocenters. The van der Waals surface area contributed by atoms with Gasteiger partial charge in [-0.3, -0.25) is 4.79 Å². The third-order valence-electron chi connectivity index (χ3n) is 4.33. The topological polar surface area (TPSA) is 90.6 Å². The first-order chi connectivity index (χ1) is 12.0. The minimum atomic E-state index is -0.659. The molecule has 0 bridgehead atoms. The summed E-state index contributed by atoms with van der Waals surface area (Å²) in [5.74, 6) is 0.907. The zero-order chi connectivity index (χ0) is 18.0. The maximum atomic E-state index is 12.1. The molecule has 1 saturated heterocycles. The van der Waals surface area contributed by atoms with Gasteiger partial charge in [0, 0.05) is 18.1 Å².